The summed E-state index contributed by atoms with van der Waals surface area (Å²) in [5.41, 5.74) is 9.63. The van der Waals surface area contributed by atoms with E-state index in [-0.39, 0.29) is 17.7 Å². The summed E-state index contributed by atoms with van der Waals surface area (Å²) in [6.07, 6.45) is 0.727. The quantitative estimate of drug-likeness (QED) is 0.670. The number of fused-ring (bicyclic) bond motifs is 1. The van der Waals surface area contributed by atoms with Crippen LogP contribution in [-0.4, -0.2) is 11.8 Å². The van der Waals surface area contributed by atoms with Gasteiger partial charge in [-0.3, -0.25) is 14.9 Å². The number of hydrogen-bond donors (Lipinski definition) is 2. The van der Waals surface area contributed by atoms with Gasteiger partial charge in [0.05, 0.1) is 11.1 Å². The summed E-state index contributed by atoms with van der Waals surface area (Å²) in [5.74, 6) is -0.525. The summed E-state index contributed by atoms with van der Waals surface area (Å²) in [5, 5.41) is 2.35. The molecule has 3 N–H and O–H groups in total. The Morgan fingerprint density at radius 2 is 1.81 bits per heavy atom. The fourth-order valence-electron chi connectivity index (χ4n) is 2.82. The van der Waals surface area contributed by atoms with E-state index in [2.05, 4.69) is 5.32 Å². The molecule has 3 rings (SSSR count). The highest BCUT2D eigenvalue weighted by Crippen LogP contribution is 2.29. The third-order valence-electron chi connectivity index (χ3n) is 3.91. The van der Waals surface area contributed by atoms with Crippen LogP contribution < -0.4 is 11.1 Å². The van der Waals surface area contributed by atoms with Crippen LogP contribution in [0.4, 0.5) is 5.69 Å². The molecule has 0 saturated heterocycles. The average Bonchev–Trinajstić information content (AvgIpc) is 2.77. The molecule has 0 aliphatic carbocycles. The second kappa shape index (κ2) is 5.05. The van der Waals surface area contributed by atoms with Crippen molar-refractivity contribution in [1.29, 1.82) is 0 Å². The van der Waals surface area contributed by atoms with Crippen molar-refractivity contribution in [1.82, 2.24) is 5.32 Å². The molecule has 0 radical (unpaired) electrons. The molecule has 1 aliphatic heterocycles. The van der Waals surface area contributed by atoms with Crippen molar-refractivity contribution >= 4 is 17.5 Å². The monoisotopic (exact) mass is 280 g/mol. The van der Waals surface area contributed by atoms with E-state index in [0.717, 1.165) is 23.2 Å². The number of rotatable bonds is 3. The normalized spacial score (nSPS) is 14.7. The van der Waals surface area contributed by atoms with Gasteiger partial charge in [-0.25, -0.2) is 0 Å². The van der Waals surface area contributed by atoms with E-state index < -0.39 is 0 Å². The van der Waals surface area contributed by atoms with Crippen molar-refractivity contribution in [3.05, 3.63) is 64.7 Å². The Labute approximate surface area is 123 Å². The number of benzene rings is 2. The number of carbonyl (C=O) groups excluding carboxylic acids is 2. The highest BCUT2D eigenvalue weighted by atomic mass is 16.2. The molecule has 0 aromatic heterocycles. The molecule has 2 aromatic carbocycles. The van der Waals surface area contributed by atoms with Crippen molar-refractivity contribution in [3.8, 4) is 0 Å². The van der Waals surface area contributed by atoms with Gasteiger partial charge in [-0.1, -0.05) is 37.3 Å². The summed E-state index contributed by atoms with van der Waals surface area (Å²) >= 11 is 0. The number of anilines is 1. The average molecular weight is 280 g/mol. The molecular formula is C17H16N2O2. The van der Waals surface area contributed by atoms with Crippen LogP contribution in [-0.2, 0) is 6.42 Å². The van der Waals surface area contributed by atoms with E-state index in [4.69, 9.17) is 5.73 Å². The molecule has 0 fully saturated rings. The summed E-state index contributed by atoms with van der Waals surface area (Å²) in [7, 11) is 0. The molecule has 0 bridgehead atoms. The molecule has 1 aliphatic rings. The van der Waals surface area contributed by atoms with Crippen LogP contribution in [0.2, 0.25) is 0 Å². The molecule has 21 heavy (non-hydrogen) atoms. The Morgan fingerprint density at radius 3 is 2.57 bits per heavy atom. The fraction of sp³-hybridized carbons (Fsp3) is 0.176. The molecule has 2 aromatic rings. The van der Waals surface area contributed by atoms with E-state index in [1.54, 1.807) is 6.07 Å². The lowest BCUT2D eigenvalue weighted by Gasteiger charge is -2.15. The maximum Gasteiger partial charge on any atom is 0.259 e. The minimum atomic E-state index is -0.316. The van der Waals surface area contributed by atoms with Gasteiger partial charge >= 0.3 is 0 Å². The Morgan fingerprint density at radius 1 is 1.05 bits per heavy atom. The van der Waals surface area contributed by atoms with Gasteiger partial charge in [-0.2, -0.15) is 0 Å². The molecule has 2 amide bonds. The predicted molar refractivity (Wildman–Crippen MR) is 81.2 cm³/mol. The van der Waals surface area contributed by atoms with Crippen molar-refractivity contribution in [2.24, 2.45) is 0 Å². The highest BCUT2D eigenvalue weighted by molar-refractivity contribution is 6.22. The van der Waals surface area contributed by atoms with Crippen LogP contribution in [0.3, 0.4) is 0 Å². The third kappa shape index (κ3) is 2.29. The molecule has 106 valence electrons. The van der Waals surface area contributed by atoms with Crippen LogP contribution >= 0.6 is 0 Å². The molecular weight excluding hydrogens is 264 g/mol. The van der Waals surface area contributed by atoms with Gasteiger partial charge in [0.1, 0.15) is 0 Å². The second-order valence-electron chi connectivity index (χ2n) is 5.36. The first kappa shape index (κ1) is 13.4. The number of nitrogens with one attached hydrogen (secondary N) is 1. The standard InChI is InChI=1S/C17H16N2O2/c1-10(9-11-5-2-3-8-14(11)18)12-6-4-7-13-15(12)17(21)19-16(13)20/h2-8,10H,9,18H2,1H3,(H,19,20,21)/t10-/m0/s1. The van der Waals surface area contributed by atoms with Crippen molar-refractivity contribution in [2.45, 2.75) is 19.3 Å². The lowest BCUT2D eigenvalue weighted by molar-refractivity contribution is 0.0879. The zero-order valence-electron chi connectivity index (χ0n) is 11.7. The summed E-state index contributed by atoms with van der Waals surface area (Å²) < 4.78 is 0. The van der Waals surface area contributed by atoms with Gasteiger partial charge in [-0.15, -0.1) is 0 Å². The van der Waals surface area contributed by atoms with Crippen LogP contribution in [0.1, 0.15) is 44.7 Å². The van der Waals surface area contributed by atoms with Gasteiger partial charge in [0.25, 0.3) is 11.8 Å². The maximum atomic E-state index is 12.0. The fourth-order valence-corrected chi connectivity index (χ4v) is 2.82. The minimum Gasteiger partial charge on any atom is -0.399 e. The lowest BCUT2D eigenvalue weighted by Crippen LogP contribution is -2.20. The Balaban J connectivity index is 1.97. The number of amides is 2. The first-order valence-corrected chi connectivity index (χ1v) is 6.90. The summed E-state index contributed by atoms with van der Waals surface area (Å²) in [4.78, 5) is 23.7. The van der Waals surface area contributed by atoms with Crippen LogP contribution in [0, 0.1) is 0 Å². The van der Waals surface area contributed by atoms with Crippen LogP contribution in [0.25, 0.3) is 0 Å². The SMILES string of the molecule is C[C@@H](Cc1ccccc1N)c1cccc2c1C(=O)NC2=O. The van der Waals surface area contributed by atoms with Gasteiger partial charge in [0.2, 0.25) is 0 Å². The van der Waals surface area contributed by atoms with Crippen molar-refractivity contribution in [2.75, 3.05) is 5.73 Å². The summed E-state index contributed by atoms with van der Waals surface area (Å²) in [6.45, 7) is 2.04. The first-order chi connectivity index (χ1) is 10.1. The number of imide groups is 1. The molecule has 4 nitrogen and oxygen atoms in total. The Hall–Kier alpha value is -2.62. The number of carbonyl (C=O) groups is 2. The Kier molecular flexibility index (Phi) is 3.22. The van der Waals surface area contributed by atoms with E-state index in [1.807, 2.05) is 43.3 Å². The van der Waals surface area contributed by atoms with Gasteiger partial charge < -0.3 is 5.73 Å². The van der Waals surface area contributed by atoms with E-state index in [0.29, 0.717) is 11.1 Å². The topological polar surface area (TPSA) is 72.2 Å². The third-order valence-corrected chi connectivity index (χ3v) is 3.91. The van der Waals surface area contributed by atoms with Crippen molar-refractivity contribution < 1.29 is 9.59 Å². The predicted octanol–water partition coefficient (Wildman–Crippen LogP) is 2.50. The smallest absolute Gasteiger partial charge is 0.259 e. The van der Waals surface area contributed by atoms with Gasteiger partial charge in [0, 0.05) is 5.69 Å². The molecule has 1 heterocycles. The lowest BCUT2D eigenvalue weighted by atomic mass is 9.88. The van der Waals surface area contributed by atoms with E-state index in [1.165, 1.54) is 0 Å². The largest absolute Gasteiger partial charge is 0.399 e. The zero-order chi connectivity index (χ0) is 15.0. The number of nitrogens with two attached hydrogens (primary N) is 1. The molecule has 0 saturated carbocycles. The molecule has 0 spiro atoms. The second-order valence-corrected chi connectivity index (χ2v) is 5.36. The molecule has 4 heteroatoms. The number of hydrogen-bond acceptors (Lipinski definition) is 3. The van der Waals surface area contributed by atoms with E-state index >= 15 is 0 Å². The maximum absolute atomic E-state index is 12.0. The zero-order valence-corrected chi connectivity index (χ0v) is 11.7. The molecule has 0 unspecified atom stereocenters. The van der Waals surface area contributed by atoms with Gasteiger partial charge in [0.15, 0.2) is 0 Å². The van der Waals surface area contributed by atoms with Crippen LogP contribution in [0.5, 0.6) is 0 Å². The van der Waals surface area contributed by atoms with E-state index in [9.17, 15) is 9.59 Å². The highest BCUT2D eigenvalue weighted by Gasteiger charge is 2.30. The molecule has 1 atom stereocenters. The first-order valence-electron chi connectivity index (χ1n) is 6.90. The van der Waals surface area contributed by atoms with Gasteiger partial charge in [-0.05, 0) is 35.6 Å². The summed E-state index contributed by atoms with van der Waals surface area (Å²) in [6, 6.07) is 13.1. The Bertz CT molecular complexity index is 737. The van der Waals surface area contributed by atoms with Crippen molar-refractivity contribution in [3.63, 3.8) is 0 Å². The number of nitrogen functional groups attached to an aromatic ring is 1. The number of para-hydroxylation sites is 1. The van der Waals surface area contributed by atoms with Crippen LogP contribution in [0.15, 0.2) is 42.5 Å². The minimum absolute atomic E-state index is 0.0984.